The highest BCUT2D eigenvalue weighted by Gasteiger charge is 2.40. The second kappa shape index (κ2) is 5.19. The van der Waals surface area contributed by atoms with Gasteiger partial charge in [0.25, 0.3) is 0 Å². The van der Waals surface area contributed by atoms with Crippen LogP contribution in [0.5, 0.6) is 5.75 Å². The molecule has 1 aromatic rings. The van der Waals surface area contributed by atoms with Crippen LogP contribution in [0.3, 0.4) is 0 Å². The van der Waals surface area contributed by atoms with E-state index in [1.807, 2.05) is 26.0 Å². The van der Waals surface area contributed by atoms with E-state index in [1.54, 1.807) is 0 Å². The van der Waals surface area contributed by atoms with Gasteiger partial charge in [-0.25, -0.2) is 0 Å². The summed E-state index contributed by atoms with van der Waals surface area (Å²) in [4.78, 5) is 0. The molecule has 0 radical (unpaired) electrons. The minimum absolute atomic E-state index is 0.130. The second-order valence-electron chi connectivity index (χ2n) is 5.43. The average Bonchev–Trinajstić information content (AvgIpc) is 3.16. The zero-order valence-electron chi connectivity index (χ0n) is 10.8. The number of rotatable bonds is 5. The van der Waals surface area contributed by atoms with E-state index in [1.165, 1.54) is 12.8 Å². The molecule has 1 aliphatic carbocycles. The van der Waals surface area contributed by atoms with E-state index in [4.69, 9.17) is 0 Å². The Kier molecular flexibility index (Phi) is 3.99. The van der Waals surface area contributed by atoms with Gasteiger partial charge in [-0.1, -0.05) is 15.9 Å². The van der Waals surface area contributed by atoms with Gasteiger partial charge in [0.1, 0.15) is 5.75 Å². The van der Waals surface area contributed by atoms with Crippen molar-refractivity contribution in [1.29, 1.82) is 0 Å². The highest BCUT2D eigenvalue weighted by atomic mass is 79.9. The van der Waals surface area contributed by atoms with Crippen molar-refractivity contribution in [3.8, 4) is 5.75 Å². The Morgan fingerprint density at radius 1 is 1.44 bits per heavy atom. The zero-order valence-corrected chi connectivity index (χ0v) is 12.4. The fourth-order valence-corrected chi connectivity index (χ4v) is 2.91. The number of aliphatic hydroxyl groups excluding tert-OH is 1. The molecule has 0 bridgehead atoms. The van der Waals surface area contributed by atoms with Crippen molar-refractivity contribution < 1.29 is 10.2 Å². The van der Waals surface area contributed by atoms with Crippen LogP contribution in [-0.4, -0.2) is 22.4 Å². The van der Waals surface area contributed by atoms with Crippen LogP contribution in [0.1, 0.15) is 30.9 Å². The van der Waals surface area contributed by atoms with E-state index in [9.17, 15) is 10.2 Å². The van der Waals surface area contributed by atoms with Crippen LogP contribution in [-0.2, 0) is 6.54 Å². The van der Waals surface area contributed by atoms with Crippen LogP contribution < -0.4 is 5.32 Å². The maximum atomic E-state index is 10.0. The number of phenols is 1. The van der Waals surface area contributed by atoms with Crippen LogP contribution in [0, 0.1) is 12.8 Å². The van der Waals surface area contributed by atoms with Gasteiger partial charge in [-0.15, -0.1) is 0 Å². The number of phenolic OH excluding ortho intramolecular Hbond substituents is 1. The molecule has 100 valence electrons. The predicted octanol–water partition coefficient (Wildman–Crippen LogP) is 2.71. The van der Waals surface area contributed by atoms with Gasteiger partial charge in [0.05, 0.1) is 6.61 Å². The average molecular weight is 314 g/mol. The molecule has 0 aromatic heterocycles. The van der Waals surface area contributed by atoms with Gasteiger partial charge in [-0.05, 0) is 50.3 Å². The summed E-state index contributed by atoms with van der Waals surface area (Å²) in [5, 5.41) is 22.9. The topological polar surface area (TPSA) is 52.5 Å². The van der Waals surface area contributed by atoms with Gasteiger partial charge in [0, 0.05) is 22.1 Å². The first-order valence-corrected chi connectivity index (χ1v) is 7.09. The summed E-state index contributed by atoms with van der Waals surface area (Å²) in [7, 11) is 0. The number of aryl methyl sites for hydroxylation is 1. The molecule has 18 heavy (non-hydrogen) atoms. The third-order valence-corrected chi connectivity index (χ3v) is 4.29. The van der Waals surface area contributed by atoms with E-state index in [2.05, 4.69) is 21.2 Å². The van der Waals surface area contributed by atoms with Gasteiger partial charge in [0.2, 0.25) is 0 Å². The van der Waals surface area contributed by atoms with Crippen molar-refractivity contribution in [2.45, 2.75) is 38.8 Å². The summed E-state index contributed by atoms with van der Waals surface area (Å²) in [5.74, 6) is 0.889. The Morgan fingerprint density at radius 3 is 2.67 bits per heavy atom. The minimum Gasteiger partial charge on any atom is -0.507 e. The van der Waals surface area contributed by atoms with Gasteiger partial charge in [-0.2, -0.15) is 0 Å². The molecule has 1 unspecified atom stereocenters. The standard InChI is InChI=1S/C14H20BrNO2/c1-9-5-12(15)6-10(13(9)18)7-16-14(2,8-17)11-3-4-11/h5-6,11,16-18H,3-4,7-8H2,1-2H3. The fraction of sp³-hybridized carbons (Fsp3) is 0.571. The summed E-state index contributed by atoms with van der Waals surface area (Å²) >= 11 is 3.44. The molecule has 1 aliphatic rings. The van der Waals surface area contributed by atoms with Gasteiger partial charge < -0.3 is 15.5 Å². The molecule has 0 aliphatic heterocycles. The first kappa shape index (κ1) is 13.8. The Hall–Kier alpha value is -0.580. The number of hydrogen-bond donors (Lipinski definition) is 3. The van der Waals surface area contributed by atoms with E-state index in [0.29, 0.717) is 18.2 Å². The third-order valence-electron chi connectivity index (χ3n) is 3.83. The first-order chi connectivity index (χ1) is 8.46. The molecule has 4 heteroatoms. The van der Waals surface area contributed by atoms with Crippen LogP contribution in [0.25, 0.3) is 0 Å². The maximum absolute atomic E-state index is 10.0. The fourth-order valence-electron chi connectivity index (χ4n) is 2.29. The quantitative estimate of drug-likeness (QED) is 0.783. The van der Waals surface area contributed by atoms with E-state index in [-0.39, 0.29) is 12.1 Å². The summed E-state index contributed by atoms with van der Waals surface area (Å²) in [6, 6.07) is 3.81. The lowest BCUT2D eigenvalue weighted by atomic mass is 9.96. The molecule has 1 atom stereocenters. The van der Waals surface area contributed by atoms with Crippen molar-refractivity contribution in [2.24, 2.45) is 5.92 Å². The number of aromatic hydroxyl groups is 1. The van der Waals surface area contributed by atoms with Crippen molar-refractivity contribution >= 4 is 15.9 Å². The molecule has 0 heterocycles. The van der Waals surface area contributed by atoms with Crippen molar-refractivity contribution in [1.82, 2.24) is 5.32 Å². The molecular formula is C14H20BrNO2. The lowest BCUT2D eigenvalue weighted by Crippen LogP contribution is -2.47. The lowest BCUT2D eigenvalue weighted by molar-refractivity contribution is 0.153. The Morgan fingerprint density at radius 2 is 2.11 bits per heavy atom. The normalized spacial score (nSPS) is 18.7. The van der Waals surface area contributed by atoms with E-state index in [0.717, 1.165) is 15.6 Å². The molecular weight excluding hydrogens is 294 g/mol. The Bertz CT molecular complexity index is 446. The van der Waals surface area contributed by atoms with Crippen LogP contribution in [0.4, 0.5) is 0 Å². The summed E-state index contributed by atoms with van der Waals surface area (Å²) in [5.41, 5.74) is 1.49. The van der Waals surface area contributed by atoms with Gasteiger partial charge >= 0.3 is 0 Å². The smallest absolute Gasteiger partial charge is 0.123 e. The van der Waals surface area contributed by atoms with Crippen molar-refractivity contribution in [3.05, 3.63) is 27.7 Å². The van der Waals surface area contributed by atoms with Gasteiger partial charge in [-0.3, -0.25) is 0 Å². The Balaban J connectivity index is 2.10. The number of nitrogens with one attached hydrogen (secondary N) is 1. The molecule has 1 fully saturated rings. The minimum atomic E-state index is -0.233. The molecule has 2 rings (SSSR count). The maximum Gasteiger partial charge on any atom is 0.123 e. The molecule has 3 N–H and O–H groups in total. The lowest BCUT2D eigenvalue weighted by Gasteiger charge is -2.29. The summed E-state index contributed by atoms with van der Waals surface area (Å²) < 4.78 is 0.965. The molecule has 1 saturated carbocycles. The Labute approximate surface area is 116 Å². The SMILES string of the molecule is Cc1cc(Br)cc(CNC(C)(CO)C2CC2)c1O. The molecule has 1 aromatic carbocycles. The third kappa shape index (κ3) is 2.87. The van der Waals surface area contributed by atoms with Crippen LogP contribution in [0.2, 0.25) is 0 Å². The van der Waals surface area contributed by atoms with E-state index < -0.39 is 0 Å². The molecule has 3 nitrogen and oxygen atoms in total. The summed E-state index contributed by atoms with van der Waals surface area (Å²) in [6.07, 6.45) is 2.35. The van der Waals surface area contributed by atoms with Crippen LogP contribution >= 0.6 is 15.9 Å². The summed E-state index contributed by atoms with van der Waals surface area (Å²) in [6.45, 7) is 4.63. The largest absolute Gasteiger partial charge is 0.507 e. The van der Waals surface area contributed by atoms with Crippen LogP contribution in [0.15, 0.2) is 16.6 Å². The highest BCUT2D eigenvalue weighted by molar-refractivity contribution is 9.10. The zero-order chi connectivity index (χ0) is 13.3. The first-order valence-electron chi connectivity index (χ1n) is 6.30. The highest BCUT2D eigenvalue weighted by Crippen LogP contribution is 2.39. The van der Waals surface area contributed by atoms with Crippen molar-refractivity contribution in [3.63, 3.8) is 0 Å². The van der Waals surface area contributed by atoms with Gasteiger partial charge in [0.15, 0.2) is 0 Å². The number of benzene rings is 1. The number of hydrogen-bond acceptors (Lipinski definition) is 3. The molecule has 0 amide bonds. The monoisotopic (exact) mass is 313 g/mol. The van der Waals surface area contributed by atoms with Crippen molar-refractivity contribution in [2.75, 3.05) is 6.61 Å². The molecule has 0 saturated heterocycles. The number of halogens is 1. The number of aliphatic hydroxyl groups is 1. The predicted molar refractivity (Wildman–Crippen MR) is 75.6 cm³/mol. The molecule has 0 spiro atoms. The second-order valence-corrected chi connectivity index (χ2v) is 6.35. The van der Waals surface area contributed by atoms with E-state index >= 15 is 0 Å².